The van der Waals surface area contributed by atoms with Gasteiger partial charge in [-0.2, -0.15) is 0 Å². The van der Waals surface area contributed by atoms with Crippen molar-refractivity contribution in [2.75, 3.05) is 12.5 Å². The Kier molecular flexibility index (Phi) is 5.03. The SMILES string of the molecule is CSc1cccc(C(Cl)C(C)=O)c1SC. The molecule has 1 aromatic carbocycles. The molecule has 0 radical (unpaired) electrons. The molecular formula is C11H13ClOS2. The fourth-order valence-electron chi connectivity index (χ4n) is 1.33. The van der Waals surface area contributed by atoms with Crippen LogP contribution < -0.4 is 0 Å². The van der Waals surface area contributed by atoms with Gasteiger partial charge in [-0.15, -0.1) is 35.1 Å². The number of alkyl halides is 1. The van der Waals surface area contributed by atoms with E-state index < -0.39 is 5.38 Å². The molecule has 1 aromatic rings. The van der Waals surface area contributed by atoms with Crippen LogP contribution in [0.25, 0.3) is 0 Å². The van der Waals surface area contributed by atoms with Crippen molar-refractivity contribution >= 4 is 40.9 Å². The Balaban J connectivity index is 3.22. The highest BCUT2D eigenvalue weighted by molar-refractivity contribution is 8.01. The average molecular weight is 261 g/mol. The van der Waals surface area contributed by atoms with Gasteiger partial charge in [0.25, 0.3) is 0 Å². The fraction of sp³-hybridized carbons (Fsp3) is 0.364. The molecule has 0 saturated heterocycles. The van der Waals surface area contributed by atoms with Crippen LogP contribution in [0.1, 0.15) is 17.9 Å². The quantitative estimate of drug-likeness (QED) is 0.602. The van der Waals surface area contributed by atoms with E-state index in [2.05, 4.69) is 0 Å². The van der Waals surface area contributed by atoms with Crippen LogP contribution >= 0.6 is 35.1 Å². The van der Waals surface area contributed by atoms with Gasteiger partial charge in [0, 0.05) is 9.79 Å². The van der Waals surface area contributed by atoms with Crippen molar-refractivity contribution in [3.05, 3.63) is 23.8 Å². The normalized spacial score (nSPS) is 12.5. The number of Topliss-reactive ketones (excluding diaryl/α,β-unsaturated/α-hetero) is 1. The van der Waals surface area contributed by atoms with Gasteiger partial charge in [-0.25, -0.2) is 0 Å². The summed E-state index contributed by atoms with van der Waals surface area (Å²) in [6.45, 7) is 1.52. The largest absolute Gasteiger partial charge is 0.298 e. The summed E-state index contributed by atoms with van der Waals surface area (Å²) in [7, 11) is 0. The van der Waals surface area contributed by atoms with Gasteiger partial charge in [-0.3, -0.25) is 4.79 Å². The van der Waals surface area contributed by atoms with Crippen LogP contribution in [0.4, 0.5) is 0 Å². The Labute approximate surface area is 104 Å². The van der Waals surface area contributed by atoms with Gasteiger partial charge in [0.1, 0.15) is 5.38 Å². The third-order valence-electron chi connectivity index (χ3n) is 2.06. The van der Waals surface area contributed by atoms with Crippen LogP contribution in [-0.2, 0) is 4.79 Å². The Morgan fingerprint density at radius 1 is 1.33 bits per heavy atom. The molecule has 0 aromatic heterocycles. The first kappa shape index (κ1) is 12.9. The second-order valence-electron chi connectivity index (χ2n) is 3.06. The van der Waals surface area contributed by atoms with E-state index >= 15 is 0 Å². The van der Waals surface area contributed by atoms with Crippen LogP contribution in [0.2, 0.25) is 0 Å². The molecule has 0 aliphatic carbocycles. The molecule has 0 bridgehead atoms. The molecule has 1 nitrogen and oxygen atoms in total. The molecular weight excluding hydrogens is 248 g/mol. The lowest BCUT2D eigenvalue weighted by Crippen LogP contribution is -2.03. The molecule has 15 heavy (non-hydrogen) atoms. The molecule has 0 N–H and O–H groups in total. The van der Waals surface area contributed by atoms with Crippen molar-refractivity contribution in [3.8, 4) is 0 Å². The lowest BCUT2D eigenvalue weighted by molar-refractivity contribution is -0.116. The smallest absolute Gasteiger partial charge is 0.152 e. The number of thioether (sulfide) groups is 2. The van der Waals surface area contributed by atoms with E-state index in [0.29, 0.717) is 0 Å². The summed E-state index contributed by atoms with van der Waals surface area (Å²) < 4.78 is 0. The number of carbonyl (C=O) groups is 1. The summed E-state index contributed by atoms with van der Waals surface area (Å²) in [5, 5.41) is -0.528. The Morgan fingerprint density at radius 2 is 2.00 bits per heavy atom. The predicted molar refractivity (Wildman–Crippen MR) is 69.3 cm³/mol. The first-order chi connectivity index (χ1) is 7.11. The average Bonchev–Trinajstić information content (AvgIpc) is 2.26. The fourth-order valence-corrected chi connectivity index (χ4v) is 3.29. The second-order valence-corrected chi connectivity index (χ2v) is 5.16. The summed E-state index contributed by atoms with van der Waals surface area (Å²) in [5.41, 5.74) is 0.920. The standard InChI is InChI=1S/C11H13ClOS2/c1-7(13)10(12)8-5-4-6-9(14-2)11(8)15-3/h4-6,10H,1-3H3. The van der Waals surface area contributed by atoms with Crippen molar-refractivity contribution in [3.63, 3.8) is 0 Å². The maximum absolute atomic E-state index is 11.3. The van der Waals surface area contributed by atoms with E-state index in [-0.39, 0.29) is 5.78 Å². The molecule has 1 unspecified atom stereocenters. The first-order valence-electron chi connectivity index (χ1n) is 4.47. The topological polar surface area (TPSA) is 17.1 Å². The Hall–Kier alpha value is -0.120. The molecule has 1 rings (SSSR count). The lowest BCUT2D eigenvalue weighted by Gasteiger charge is -2.13. The van der Waals surface area contributed by atoms with Crippen LogP contribution in [-0.4, -0.2) is 18.3 Å². The Bertz CT molecular complexity index is 366. The minimum atomic E-state index is -0.528. The van der Waals surface area contributed by atoms with Gasteiger partial charge in [0.05, 0.1) is 0 Å². The molecule has 0 amide bonds. The molecule has 82 valence electrons. The highest BCUT2D eigenvalue weighted by atomic mass is 35.5. The third kappa shape index (κ3) is 2.92. The number of hydrogen-bond donors (Lipinski definition) is 0. The minimum Gasteiger partial charge on any atom is -0.298 e. The van der Waals surface area contributed by atoms with Crippen LogP contribution in [0.5, 0.6) is 0 Å². The number of carbonyl (C=O) groups excluding carboxylic acids is 1. The molecule has 0 fully saturated rings. The molecule has 0 saturated carbocycles. The summed E-state index contributed by atoms with van der Waals surface area (Å²) in [5.74, 6) is -0.00906. The highest BCUT2D eigenvalue weighted by Crippen LogP contribution is 2.36. The van der Waals surface area contributed by atoms with E-state index in [4.69, 9.17) is 11.6 Å². The van der Waals surface area contributed by atoms with Crippen molar-refractivity contribution in [1.82, 2.24) is 0 Å². The van der Waals surface area contributed by atoms with Crippen molar-refractivity contribution in [1.29, 1.82) is 0 Å². The number of hydrogen-bond acceptors (Lipinski definition) is 3. The maximum Gasteiger partial charge on any atom is 0.152 e. The number of halogens is 1. The highest BCUT2D eigenvalue weighted by Gasteiger charge is 2.18. The van der Waals surface area contributed by atoms with E-state index in [9.17, 15) is 4.79 Å². The van der Waals surface area contributed by atoms with Gasteiger partial charge >= 0.3 is 0 Å². The monoisotopic (exact) mass is 260 g/mol. The van der Waals surface area contributed by atoms with Crippen LogP contribution in [0.15, 0.2) is 28.0 Å². The first-order valence-corrected chi connectivity index (χ1v) is 7.35. The zero-order chi connectivity index (χ0) is 11.4. The van der Waals surface area contributed by atoms with Crippen molar-refractivity contribution in [2.45, 2.75) is 22.1 Å². The molecule has 0 heterocycles. The van der Waals surface area contributed by atoms with E-state index in [1.165, 1.54) is 11.8 Å². The summed E-state index contributed by atoms with van der Waals surface area (Å²) in [6.07, 6.45) is 4.03. The maximum atomic E-state index is 11.3. The van der Waals surface area contributed by atoms with E-state index in [1.54, 1.807) is 23.5 Å². The number of ketones is 1. The summed E-state index contributed by atoms with van der Waals surface area (Å²) >= 11 is 9.39. The van der Waals surface area contributed by atoms with E-state index in [0.717, 1.165) is 10.5 Å². The lowest BCUT2D eigenvalue weighted by atomic mass is 10.1. The van der Waals surface area contributed by atoms with Crippen LogP contribution in [0, 0.1) is 0 Å². The zero-order valence-electron chi connectivity index (χ0n) is 8.91. The van der Waals surface area contributed by atoms with Gasteiger partial charge in [0.2, 0.25) is 0 Å². The molecule has 0 spiro atoms. The molecule has 0 aliphatic rings. The predicted octanol–water partition coefficient (Wildman–Crippen LogP) is 4.00. The number of benzene rings is 1. The third-order valence-corrected chi connectivity index (χ3v) is 4.38. The summed E-state index contributed by atoms with van der Waals surface area (Å²) in [6, 6.07) is 5.91. The molecule has 0 aliphatic heterocycles. The Morgan fingerprint density at radius 3 is 2.47 bits per heavy atom. The van der Waals surface area contributed by atoms with Gasteiger partial charge in [-0.1, -0.05) is 12.1 Å². The van der Waals surface area contributed by atoms with Gasteiger partial charge in [0.15, 0.2) is 5.78 Å². The van der Waals surface area contributed by atoms with Crippen molar-refractivity contribution in [2.24, 2.45) is 0 Å². The van der Waals surface area contributed by atoms with Gasteiger partial charge in [-0.05, 0) is 31.1 Å². The van der Waals surface area contributed by atoms with Crippen LogP contribution in [0.3, 0.4) is 0 Å². The number of rotatable bonds is 4. The second kappa shape index (κ2) is 5.83. The molecule has 4 heteroatoms. The van der Waals surface area contributed by atoms with Crippen molar-refractivity contribution < 1.29 is 4.79 Å². The van der Waals surface area contributed by atoms with E-state index in [1.807, 2.05) is 30.7 Å². The summed E-state index contributed by atoms with van der Waals surface area (Å²) in [4.78, 5) is 13.5. The minimum absolute atomic E-state index is 0.00906. The molecule has 1 atom stereocenters. The zero-order valence-corrected chi connectivity index (χ0v) is 11.3. The van der Waals surface area contributed by atoms with Gasteiger partial charge < -0.3 is 0 Å².